The van der Waals surface area contributed by atoms with Gasteiger partial charge in [-0.2, -0.15) is 0 Å². The predicted octanol–water partition coefficient (Wildman–Crippen LogP) is 1.57. The lowest BCUT2D eigenvalue weighted by atomic mass is 9.93. The van der Waals surface area contributed by atoms with Crippen LogP contribution in [0, 0.1) is 0 Å². The molecule has 1 aromatic carbocycles. The van der Waals surface area contributed by atoms with E-state index in [1.165, 1.54) is 0 Å². The minimum Gasteiger partial charge on any atom is -0.298 e. The molecule has 1 N–H and O–H groups in total. The first-order valence-electron chi connectivity index (χ1n) is 6.37. The number of nitrogens with one attached hydrogen (secondary N) is 1. The van der Waals surface area contributed by atoms with Crippen LogP contribution in [0.3, 0.4) is 0 Å². The number of aromatic nitrogens is 1. The number of benzene rings is 1. The molecule has 1 aromatic heterocycles. The second kappa shape index (κ2) is 4.85. The molecule has 0 radical (unpaired) electrons. The van der Waals surface area contributed by atoms with E-state index in [4.69, 9.17) is 0 Å². The lowest BCUT2D eigenvalue weighted by Gasteiger charge is -2.20. The number of carbonyl (C=O) groups excluding carboxylic acids is 3. The maximum absolute atomic E-state index is 11.9. The summed E-state index contributed by atoms with van der Waals surface area (Å²) in [6.07, 6.45) is 1.48. The van der Waals surface area contributed by atoms with Crippen molar-refractivity contribution >= 4 is 29.0 Å². The Hall–Kier alpha value is -2.56. The van der Waals surface area contributed by atoms with Crippen LogP contribution in [-0.2, 0) is 9.59 Å². The summed E-state index contributed by atoms with van der Waals surface area (Å²) in [7, 11) is 0. The van der Waals surface area contributed by atoms with Crippen molar-refractivity contribution in [2.24, 2.45) is 0 Å². The van der Waals surface area contributed by atoms with Crippen LogP contribution in [-0.4, -0.2) is 23.1 Å². The Morgan fingerprint density at radius 1 is 1.25 bits per heavy atom. The minimum atomic E-state index is -0.476. The number of carbonyl (C=O) groups is 3. The average molecular weight is 268 g/mol. The van der Waals surface area contributed by atoms with Crippen LogP contribution in [0.2, 0.25) is 0 Å². The van der Waals surface area contributed by atoms with Crippen molar-refractivity contribution in [3.8, 4) is 0 Å². The SMILES string of the molecule is O=Cc1cc(C2CCC(=O)NC2=O)nc2ccccc12. The number of aldehydes is 1. The zero-order chi connectivity index (χ0) is 14.1. The van der Waals surface area contributed by atoms with E-state index >= 15 is 0 Å². The summed E-state index contributed by atoms with van der Waals surface area (Å²) in [5, 5.41) is 3.07. The first-order chi connectivity index (χ1) is 9.69. The van der Waals surface area contributed by atoms with Crippen LogP contribution < -0.4 is 5.32 Å². The first-order valence-corrected chi connectivity index (χ1v) is 6.37. The molecule has 1 unspecified atom stereocenters. The van der Waals surface area contributed by atoms with Gasteiger partial charge < -0.3 is 0 Å². The number of nitrogens with zero attached hydrogens (tertiary/aromatic N) is 1. The van der Waals surface area contributed by atoms with Crippen molar-refractivity contribution in [2.75, 3.05) is 0 Å². The Kier molecular flexibility index (Phi) is 3.02. The Labute approximate surface area is 115 Å². The number of para-hydroxylation sites is 1. The second-order valence-electron chi connectivity index (χ2n) is 4.78. The molecule has 0 saturated carbocycles. The maximum Gasteiger partial charge on any atom is 0.235 e. The van der Waals surface area contributed by atoms with E-state index in [2.05, 4.69) is 10.3 Å². The fourth-order valence-electron chi connectivity index (χ4n) is 2.48. The normalized spacial score (nSPS) is 18.9. The second-order valence-corrected chi connectivity index (χ2v) is 4.78. The van der Waals surface area contributed by atoms with E-state index in [-0.39, 0.29) is 11.8 Å². The number of piperidine rings is 1. The molecule has 2 amide bonds. The van der Waals surface area contributed by atoms with Gasteiger partial charge in [0.2, 0.25) is 11.8 Å². The summed E-state index contributed by atoms with van der Waals surface area (Å²) in [6, 6.07) is 8.92. The van der Waals surface area contributed by atoms with E-state index in [1.807, 2.05) is 18.2 Å². The lowest BCUT2D eigenvalue weighted by molar-refractivity contribution is -0.134. The number of hydrogen-bond donors (Lipinski definition) is 1. The summed E-state index contributed by atoms with van der Waals surface area (Å²) < 4.78 is 0. The van der Waals surface area contributed by atoms with Gasteiger partial charge >= 0.3 is 0 Å². The van der Waals surface area contributed by atoms with Crippen LogP contribution in [0.15, 0.2) is 30.3 Å². The molecule has 0 bridgehead atoms. The Morgan fingerprint density at radius 2 is 2.05 bits per heavy atom. The summed E-state index contributed by atoms with van der Waals surface area (Å²) in [5.74, 6) is -1.08. The van der Waals surface area contributed by atoms with E-state index < -0.39 is 5.92 Å². The molecule has 20 heavy (non-hydrogen) atoms. The van der Waals surface area contributed by atoms with Gasteiger partial charge in [-0.15, -0.1) is 0 Å². The highest BCUT2D eigenvalue weighted by atomic mass is 16.2. The van der Waals surface area contributed by atoms with Crippen molar-refractivity contribution in [2.45, 2.75) is 18.8 Å². The summed E-state index contributed by atoms with van der Waals surface area (Å²) in [6.45, 7) is 0. The fraction of sp³-hybridized carbons (Fsp3) is 0.200. The van der Waals surface area contributed by atoms with E-state index in [9.17, 15) is 14.4 Å². The number of pyridine rings is 1. The molecule has 1 aliphatic heterocycles. The molecule has 0 aliphatic carbocycles. The van der Waals surface area contributed by atoms with Gasteiger partial charge in [-0.3, -0.25) is 24.7 Å². The third kappa shape index (κ3) is 2.07. The van der Waals surface area contributed by atoms with Crippen molar-refractivity contribution in [1.82, 2.24) is 10.3 Å². The molecular formula is C15H12N2O3. The largest absolute Gasteiger partial charge is 0.298 e. The third-order valence-electron chi connectivity index (χ3n) is 3.49. The van der Waals surface area contributed by atoms with E-state index in [0.717, 1.165) is 11.7 Å². The highest BCUT2D eigenvalue weighted by Crippen LogP contribution is 2.26. The smallest absolute Gasteiger partial charge is 0.235 e. The molecule has 1 saturated heterocycles. The van der Waals surface area contributed by atoms with Gasteiger partial charge in [0.15, 0.2) is 6.29 Å². The monoisotopic (exact) mass is 268 g/mol. The highest BCUT2D eigenvalue weighted by Gasteiger charge is 2.29. The standard InChI is InChI=1S/C15H12N2O3/c18-8-9-7-13(11-5-6-14(19)17-15(11)20)16-12-4-2-1-3-10(9)12/h1-4,7-8,11H,5-6H2,(H,17,19,20). The molecule has 3 rings (SSSR count). The van der Waals surface area contributed by atoms with Crippen molar-refractivity contribution < 1.29 is 14.4 Å². The molecule has 100 valence electrons. The maximum atomic E-state index is 11.9. The molecule has 2 aromatic rings. The van der Waals surface area contributed by atoms with Crippen LogP contribution in [0.5, 0.6) is 0 Å². The molecule has 1 fully saturated rings. The van der Waals surface area contributed by atoms with E-state index in [1.54, 1.807) is 12.1 Å². The molecular weight excluding hydrogens is 256 g/mol. The van der Waals surface area contributed by atoms with Crippen LogP contribution >= 0.6 is 0 Å². The van der Waals surface area contributed by atoms with Gasteiger partial charge in [-0.05, 0) is 18.6 Å². The number of hydrogen-bond acceptors (Lipinski definition) is 4. The molecule has 1 atom stereocenters. The lowest BCUT2D eigenvalue weighted by Crippen LogP contribution is -2.39. The zero-order valence-electron chi connectivity index (χ0n) is 10.6. The highest BCUT2D eigenvalue weighted by molar-refractivity contribution is 6.02. The summed E-state index contributed by atoms with van der Waals surface area (Å²) in [5.41, 5.74) is 1.72. The van der Waals surface area contributed by atoms with Crippen molar-refractivity contribution in [1.29, 1.82) is 0 Å². The topological polar surface area (TPSA) is 76.1 Å². The van der Waals surface area contributed by atoms with Crippen molar-refractivity contribution in [3.05, 3.63) is 41.6 Å². The average Bonchev–Trinajstić information content (AvgIpc) is 2.46. The van der Waals surface area contributed by atoms with E-state index in [0.29, 0.717) is 29.6 Å². The molecule has 5 nitrogen and oxygen atoms in total. The molecule has 2 heterocycles. The van der Waals surface area contributed by atoms with Crippen LogP contribution in [0.1, 0.15) is 34.8 Å². The minimum absolute atomic E-state index is 0.261. The first kappa shape index (κ1) is 12.5. The van der Waals surface area contributed by atoms with Crippen LogP contribution in [0.25, 0.3) is 10.9 Å². The molecule has 5 heteroatoms. The van der Waals surface area contributed by atoms with Gasteiger partial charge in [0.1, 0.15) is 0 Å². The van der Waals surface area contributed by atoms with Gasteiger partial charge in [0, 0.05) is 17.4 Å². The fourth-order valence-corrected chi connectivity index (χ4v) is 2.48. The third-order valence-corrected chi connectivity index (χ3v) is 3.49. The van der Waals surface area contributed by atoms with Gasteiger partial charge in [0.25, 0.3) is 0 Å². The molecule has 0 spiro atoms. The Morgan fingerprint density at radius 3 is 2.80 bits per heavy atom. The number of rotatable bonds is 2. The number of imide groups is 1. The summed E-state index contributed by atoms with van der Waals surface area (Å²) >= 11 is 0. The molecule has 1 aliphatic rings. The summed E-state index contributed by atoms with van der Waals surface area (Å²) in [4.78, 5) is 38.7. The van der Waals surface area contributed by atoms with Gasteiger partial charge in [-0.1, -0.05) is 18.2 Å². The van der Waals surface area contributed by atoms with Crippen LogP contribution in [0.4, 0.5) is 0 Å². The predicted molar refractivity (Wildman–Crippen MR) is 72.3 cm³/mol. The number of amides is 2. The number of fused-ring (bicyclic) bond motifs is 1. The van der Waals surface area contributed by atoms with Gasteiger partial charge in [-0.25, -0.2) is 0 Å². The quantitative estimate of drug-likeness (QED) is 0.662. The van der Waals surface area contributed by atoms with Gasteiger partial charge in [0.05, 0.1) is 17.1 Å². The zero-order valence-corrected chi connectivity index (χ0v) is 10.6. The Balaban J connectivity index is 2.10. The van der Waals surface area contributed by atoms with Crippen molar-refractivity contribution in [3.63, 3.8) is 0 Å². The Bertz CT molecular complexity index is 724.